The highest BCUT2D eigenvalue weighted by atomic mass is 16.5. The lowest BCUT2D eigenvalue weighted by molar-refractivity contribution is -0.0239. The van der Waals surface area contributed by atoms with Crippen LogP contribution in [0.4, 0.5) is 0 Å². The Morgan fingerprint density at radius 1 is 1.16 bits per heavy atom. The van der Waals surface area contributed by atoms with Crippen molar-refractivity contribution in [3.05, 3.63) is 35.9 Å². The molecule has 0 spiro atoms. The zero-order chi connectivity index (χ0) is 17.6. The van der Waals surface area contributed by atoms with Gasteiger partial charge in [-0.05, 0) is 19.5 Å². The fraction of sp³-hybridized carbons (Fsp3) is 0.600. The van der Waals surface area contributed by atoms with Crippen molar-refractivity contribution in [2.24, 2.45) is 0 Å². The molecule has 1 aromatic rings. The first-order valence-electron chi connectivity index (χ1n) is 9.30. The highest BCUT2D eigenvalue weighted by molar-refractivity contribution is 5.57. The van der Waals surface area contributed by atoms with Crippen molar-refractivity contribution in [1.82, 2.24) is 14.7 Å². The summed E-state index contributed by atoms with van der Waals surface area (Å²) in [6.07, 6.45) is 5.07. The van der Waals surface area contributed by atoms with E-state index in [2.05, 4.69) is 40.0 Å². The molecule has 0 bridgehead atoms. The van der Waals surface area contributed by atoms with Gasteiger partial charge in [0.25, 0.3) is 0 Å². The molecular weight excluding hydrogens is 314 g/mol. The van der Waals surface area contributed by atoms with E-state index in [1.807, 2.05) is 18.2 Å². The third-order valence-corrected chi connectivity index (χ3v) is 5.44. The summed E-state index contributed by atoms with van der Waals surface area (Å²) in [4.78, 5) is 7.18. The summed E-state index contributed by atoms with van der Waals surface area (Å²) in [7, 11) is 3.87. The zero-order valence-corrected chi connectivity index (χ0v) is 15.5. The van der Waals surface area contributed by atoms with Gasteiger partial charge in [0.2, 0.25) is 0 Å². The van der Waals surface area contributed by atoms with E-state index in [1.165, 1.54) is 0 Å². The van der Waals surface area contributed by atoms with Gasteiger partial charge in [-0.2, -0.15) is 0 Å². The van der Waals surface area contributed by atoms with Gasteiger partial charge in [0.1, 0.15) is 5.75 Å². The first-order chi connectivity index (χ1) is 12.2. The Bertz CT molecular complexity index is 570. The van der Waals surface area contributed by atoms with Crippen molar-refractivity contribution >= 4 is 6.08 Å². The summed E-state index contributed by atoms with van der Waals surface area (Å²) in [5, 5.41) is 10.6. The Hall–Kier alpha value is -1.40. The standard InChI is InChI=1S/C20H31N3O2/c1-21-12-14-23(15-13-21)18-9-11-22(16-19(18)24)10-5-7-17-6-3-4-8-20(17)25-2/h3-8,18-19,24H,9-16H2,1-2H3/b7-5+/t18-,19-/m1/s1. The Labute approximate surface area is 151 Å². The average molecular weight is 345 g/mol. The minimum atomic E-state index is -0.253. The summed E-state index contributed by atoms with van der Waals surface area (Å²) in [6.45, 7) is 7.03. The van der Waals surface area contributed by atoms with E-state index in [4.69, 9.17) is 4.74 Å². The molecular formula is C20H31N3O2. The van der Waals surface area contributed by atoms with Gasteiger partial charge in [-0.3, -0.25) is 9.80 Å². The van der Waals surface area contributed by atoms with Crippen LogP contribution in [0.15, 0.2) is 30.3 Å². The zero-order valence-electron chi connectivity index (χ0n) is 15.5. The van der Waals surface area contributed by atoms with Crippen LogP contribution in [0.3, 0.4) is 0 Å². The Kier molecular flexibility index (Phi) is 6.48. The van der Waals surface area contributed by atoms with Crippen molar-refractivity contribution in [2.45, 2.75) is 18.6 Å². The van der Waals surface area contributed by atoms with Crippen LogP contribution in [0.25, 0.3) is 6.08 Å². The molecule has 1 N–H and O–H groups in total. The van der Waals surface area contributed by atoms with Crippen molar-refractivity contribution in [3.63, 3.8) is 0 Å². The van der Waals surface area contributed by atoms with E-state index < -0.39 is 0 Å². The SMILES string of the molecule is COc1ccccc1/C=C/CN1CC[C@@H](N2CCN(C)CC2)[C@H](O)C1. The van der Waals surface area contributed by atoms with E-state index >= 15 is 0 Å². The van der Waals surface area contributed by atoms with Crippen LogP contribution in [0.1, 0.15) is 12.0 Å². The van der Waals surface area contributed by atoms with Gasteiger partial charge < -0.3 is 14.7 Å². The number of β-amino-alcohol motifs (C(OH)–C–C–N with tert-alkyl or cyclic N) is 1. The maximum Gasteiger partial charge on any atom is 0.126 e. The maximum absolute atomic E-state index is 10.6. The molecule has 2 heterocycles. The molecule has 1 aromatic carbocycles. The lowest BCUT2D eigenvalue weighted by Gasteiger charge is -2.44. The number of piperazine rings is 1. The molecule has 138 valence electrons. The molecule has 2 aliphatic rings. The molecule has 0 unspecified atom stereocenters. The normalized spacial score (nSPS) is 27.0. The van der Waals surface area contributed by atoms with Crippen molar-refractivity contribution in [2.75, 3.05) is 60.0 Å². The fourth-order valence-corrected chi connectivity index (χ4v) is 3.86. The van der Waals surface area contributed by atoms with Crippen molar-refractivity contribution < 1.29 is 9.84 Å². The summed E-state index contributed by atoms with van der Waals surface area (Å²) in [6, 6.07) is 8.36. The van der Waals surface area contributed by atoms with E-state index in [-0.39, 0.29) is 6.10 Å². The summed E-state index contributed by atoms with van der Waals surface area (Å²) in [5.74, 6) is 0.896. The maximum atomic E-state index is 10.6. The van der Waals surface area contributed by atoms with E-state index in [0.717, 1.165) is 63.5 Å². The number of ether oxygens (including phenoxy) is 1. The van der Waals surface area contributed by atoms with Gasteiger partial charge in [0, 0.05) is 57.4 Å². The number of likely N-dealkylation sites (N-methyl/N-ethyl adjacent to an activating group) is 1. The Morgan fingerprint density at radius 3 is 2.64 bits per heavy atom. The Morgan fingerprint density at radius 2 is 1.92 bits per heavy atom. The quantitative estimate of drug-likeness (QED) is 0.873. The second kappa shape index (κ2) is 8.81. The molecule has 5 heteroatoms. The van der Waals surface area contributed by atoms with Gasteiger partial charge >= 0.3 is 0 Å². The molecule has 25 heavy (non-hydrogen) atoms. The first kappa shape index (κ1) is 18.4. The van der Waals surface area contributed by atoms with Crippen LogP contribution < -0.4 is 4.74 Å². The third kappa shape index (κ3) is 4.82. The average Bonchev–Trinajstić information content (AvgIpc) is 2.63. The number of aliphatic hydroxyl groups is 1. The molecule has 2 saturated heterocycles. The van der Waals surface area contributed by atoms with Gasteiger partial charge in [-0.25, -0.2) is 0 Å². The molecule has 2 fully saturated rings. The van der Waals surface area contributed by atoms with Crippen molar-refractivity contribution in [3.8, 4) is 5.75 Å². The third-order valence-electron chi connectivity index (χ3n) is 5.44. The number of nitrogens with zero attached hydrogens (tertiary/aromatic N) is 3. The van der Waals surface area contributed by atoms with Gasteiger partial charge in [-0.15, -0.1) is 0 Å². The number of para-hydroxylation sites is 1. The summed E-state index contributed by atoms with van der Waals surface area (Å²) in [5.41, 5.74) is 1.10. The van der Waals surface area contributed by atoms with Crippen LogP contribution in [-0.4, -0.2) is 91.9 Å². The number of aliphatic hydroxyl groups excluding tert-OH is 1. The molecule has 0 amide bonds. The largest absolute Gasteiger partial charge is 0.496 e. The van der Waals surface area contributed by atoms with Crippen molar-refractivity contribution in [1.29, 1.82) is 0 Å². The van der Waals surface area contributed by atoms with E-state index in [1.54, 1.807) is 7.11 Å². The molecule has 0 saturated carbocycles. The number of benzene rings is 1. The molecule has 0 aliphatic carbocycles. The molecule has 3 rings (SSSR count). The lowest BCUT2D eigenvalue weighted by Crippen LogP contribution is -2.58. The van der Waals surface area contributed by atoms with Gasteiger partial charge in [0.15, 0.2) is 0 Å². The fourth-order valence-electron chi connectivity index (χ4n) is 3.86. The predicted molar refractivity (Wildman–Crippen MR) is 102 cm³/mol. The lowest BCUT2D eigenvalue weighted by atomic mass is 9.99. The van der Waals surface area contributed by atoms with Crippen LogP contribution in [-0.2, 0) is 0 Å². The van der Waals surface area contributed by atoms with E-state index in [0.29, 0.717) is 6.04 Å². The van der Waals surface area contributed by atoms with Crippen LogP contribution in [0, 0.1) is 0 Å². The first-order valence-corrected chi connectivity index (χ1v) is 9.30. The monoisotopic (exact) mass is 345 g/mol. The van der Waals surface area contributed by atoms with Crippen LogP contribution in [0.5, 0.6) is 5.75 Å². The molecule has 0 aromatic heterocycles. The number of methoxy groups -OCH3 is 1. The number of piperidine rings is 1. The molecule has 5 nitrogen and oxygen atoms in total. The second-order valence-electron chi connectivity index (χ2n) is 7.17. The minimum absolute atomic E-state index is 0.253. The predicted octanol–water partition coefficient (Wildman–Crippen LogP) is 1.39. The second-order valence-corrected chi connectivity index (χ2v) is 7.17. The Balaban J connectivity index is 1.49. The summed E-state index contributed by atoms with van der Waals surface area (Å²) >= 11 is 0. The minimum Gasteiger partial charge on any atom is -0.496 e. The highest BCUT2D eigenvalue weighted by Gasteiger charge is 2.32. The summed E-state index contributed by atoms with van der Waals surface area (Å²) < 4.78 is 5.38. The highest BCUT2D eigenvalue weighted by Crippen LogP contribution is 2.20. The van der Waals surface area contributed by atoms with Gasteiger partial charge in [0.05, 0.1) is 13.2 Å². The molecule has 2 aliphatic heterocycles. The molecule has 0 radical (unpaired) electrons. The number of rotatable bonds is 5. The smallest absolute Gasteiger partial charge is 0.126 e. The number of hydrogen-bond donors (Lipinski definition) is 1. The van der Waals surface area contributed by atoms with Crippen LogP contribution >= 0.6 is 0 Å². The van der Waals surface area contributed by atoms with Gasteiger partial charge in [-0.1, -0.05) is 30.4 Å². The topological polar surface area (TPSA) is 39.2 Å². The van der Waals surface area contributed by atoms with E-state index in [9.17, 15) is 5.11 Å². The number of hydrogen-bond acceptors (Lipinski definition) is 5. The molecule has 2 atom stereocenters. The van der Waals surface area contributed by atoms with Crippen LogP contribution in [0.2, 0.25) is 0 Å². The number of likely N-dealkylation sites (tertiary alicyclic amines) is 1.